The van der Waals surface area contributed by atoms with Gasteiger partial charge >= 0.3 is 5.97 Å². The second-order valence-corrected chi connectivity index (χ2v) is 4.80. The predicted octanol–water partition coefficient (Wildman–Crippen LogP) is 1.95. The van der Waals surface area contributed by atoms with Crippen LogP contribution in [0.15, 0.2) is 12.1 Å². The molecule has 0 radical (unpaired) electrons. The second kappa shape index (κ2) is 5.93. The molecule has 5 nitrogen and oxygen atoms in total. The van der Waals surface area contributed by atoms with Gasteiger partial charge in [-0.15, -0.1) is 0 Å². The fourth-order valence-electron chi connectivity index (χ4n) is 2.25. The van der Waals surface area contributed by atoms with E-state index in [1.165, 1.54) is 7.11 Å². The number of methoxy groups -OCH3 is 1. The van der Waals surface area contributed by atoms with Crippen LogP contribution in [-0.2, 0) is 9.47 Å². The average molecular weight is 264 g/mol. The predicted molar refractivity (Wildman–Crippen MR) is 74.4 cm³/mol. The van der Waals surface area contributed by atoms with Gasteiger partial charge in [-0.25, -0.2) is 4.79 Å². The molecule has 1 saturated heterocycles. The number of anilines is 2. The Morgan fingerprint density at radius 3 is 2.95 bits per heavy atom. The average Bonchev–Trinajstić information content (AvgIpc) is 2.43. The first-order valence-electron chi connectivity index (χ1n) is 6.44. The summed E-state index contributed by atoms with van der Waals surface area (Å²) >= 11 is 0. The number of carbonyl (C=O) groups excluding carboxylic acids is 1. The Morgan fingerprint density at radius 1 is 1.53 bits per heavy atom. The number of esters is 1. The maximum atomic E-state index is 11.7. The first-order valence-corrected chi connectivity index (χ1v) is 6.44. The molecule has 0 aromatic heterocycles. The third kappa shape index (κ3) is 3.17. The smallest absolute Gasteiger partial charge is 0.340 e. The molecule has 1 aromatic carbocycles. The second-order valence-electron chi connectivity index (χ2n) is 4.80. The van der Waals surface area contributed by atoms with E-state index in [-0.39, 0.29) is 6.04 Å². The van der Waals surface area contributed by atoms with Gasteiger partial charge in [-0.1, -0.05) is 0 Å². The van der Waals surface area contributed by atoms with Crippen molar-refractivity contribution in [1.29, 1.82) is 0 Å². The van der Waals surface area contributed by atoms with Crippen LogP contribution < -0.4 is 11.1 Å². The van der Waals surface area contributed by atoms with Crippen LogP contribution in [0.25, 0.3) is 0 Å². The summed E-state index contributed by atoms with van der Waals surface area (Å²) < 4.78 is 10.2. The lowest BCUT2D eigenvalue weighted by atomic mass is 10.1. The lowest BCUT2D eigenvalue weighted by Gasteiger charge is -2.24. The fraction of sp³-hybridized carbons (Fsp3) is 0.500. The monoisotopic (exact) mass is 264 g/mol. The standard InChI is InChI=1S/C14H20N2O3/c1-9-6-11(16-10-4-3-5-19-8-10)7-12(13(9)15)14(17)18-2/h6-7,10,16H,3-5,8,15H2,1-2H3. The van der Waals surface area contributed by atoms with Crippen LogP contribution in [0.5, 0.6) is 0 Å². The van der Waals surface area contributed by atoms with Crippen molar-refractivity contribution >= 4 is 17.3 Å². The molecule has 1 aliphatic rings. The Morgan fingerprint density at radius 2 is 2.32 bits per heavy atom. The van der Waals surface area contributed by atoms with Crippen LogP contribution >= 0.6 is 0 Å². The van der Waals surface area contributed by atoms with Crippen LogP contribution in [-0.4, -0.2) is 32.3 Å². The summed E-state index contributed by atoms with van der Waals surface area (Å²) in [5.41, 5.74) is 8.52. The Balaban J connectivity index is 2.20. The highest BCUT2D eigenvalue weighted by Gasteiger charge is 2.17. The zero-order chi connectivity index (χ0) is 13.8. The summed E-state index contributed by atoms with van der Waals surface area (Å²) in [6.45, 7) is 3.40. The quantitative estimate of drug-likeness (QED) is 0.645. The number of ether oxygens (including phenoxy) is 2. The van der Waals surface area contributed by atoms with Crippen LogP contribution in [0.4, 0.5) is 11.4 Å². The summed E-state index contributed by atoms with van der Waals surface area (Å²) in [6, 6.07) is 3.96. The van der Waals surface area contributed by atoms with E-state index in [0.29, 0.717) is 17.9 Å². The molecule has 1 atom stereocenters. The number of nitrogens with one attached hydrogen (secondary N) is 1. The van der Waals surface area contributed by atoms with E-state index in [1.807, 2.05) is 13.0 Å². The van der Waals surface area contributed by atoms with Gasteiger partial charge in [-0.05, 0) is 37.5 Å². The molecule has 1 unspecified atom stereocenters. The molecule has 5 heteroatoms. The maximum absolute atomic E-state index is 11.7. The molecule has 0 saturated carbocycles. The minimum Gasteiger partial charge on any atom is -0.465 e. The van der Waals surface area contributed by atoms with E-state index in [2.05, 4.69) is 5.32 Å². The Bertz CT molecular complexity index is 468. The molecule has 0 spiro atoms. The zero-order valence-corrected chi connectivity index (χ0v) is 11.4. The van der Waals surface area contributed by atoms with E-state index in [1.54, 1.807) is 6.07 Å². The van der Waals surface area contributed by atoms with Crippen molar-refractivity contribution in [3.8, 4) is 0 Å². The number of carbonyl (C=O) groups is 1. The normalized spacial score (nSPS) is 18.9. The lowest BCUT2D eigenvalue weighted by molar-refractivity contribution is 0.0602. The summed E-state index contributed by atoms with van der Waals surface area (Å²) in [5.74, 6) is -0.413. The largest absolute Gasteiger partial charge is 0.465 e. The molecule has 1 aliphatic heterocycles. The third-order valence-corrected chi connectivity index (χ3v) is 3.32. The van der Waals surface area contributed by atoms with E-state index >= 15 is 0 Å². The van der Waals surface area contributed by atoms with Crippen LogP contribution in [0, 0.1) is 6.92 Å². The highest BCUT2D eigenvalue weighted by molar-refractivity contribution is 5.97. The number of nitrogens with two attached hydrogens (primary N) is 1. The fourth-order valence-corrected chi connectivity index (χ4v) is 2.25. The zero-order valence-electron chi connectivity index (χ0n) is 11.4. The van der Waals surface area contributed by atoms with Gasteiger partial charge in [0.15, 0.2) is 0 Å². The highest BCUT2D eigenvalue weighted by atomic mass is 16.5. The van der Waals surface area contributed by atoms with Gasteiger partial charge < -0.3 is 20.5 Å². The summed E-state index contributed by atoms with van der Waals surface area (Å²) in [5, 5.41) is 3.38. The summed E-state index contributed by atoms with van der Waals surface area (Å²) in [6.07, 6.45) is 2.12. The number of benzene rings is 1. The maximum Gasteiger partial charge on any atom is 0.340 e. The van der Waals surface area contributed by atoms with E-state index < -0.39 is 5.97 Å². The van der Waals surface area contributed by atoms with E-state index in [0.717, 1.165) is 30.7 Å². The van der Waals surface area contributed by atoms with Crippen LogP contribution in [0.1, 0.15) is 28.8 Å². The Kier molecular flexibility index (Phi) is 4.27. The Labute approximate surface area is 113 Å². The van der Waals surface area contributed by atoms with E-state index in [9.17, 15) is 4.79 Å². The van der Waals surface area contributed by atoms with Crippen molar-refractivity contribution in [2.24, 2.45) is 0 Å². The SMILES string of the molecule is COC(=O)c1cc(NC2CCCOC2)cc(C)c1N. The molecule has 19 heavy (non-hydrogen) atoms. The molecule has 3 N–H and O–H groups in total. The Hall–Kier alpha value is -1.75. The van der Waals surface area contributed by atoms with Crippen molar-refractivity contribution in [3.63, 3.8) is 0 Å². The molecule has 2 rings (SSSR count). The van der Waals surface area contributed by atoms with Gasteiger partial charge in [0.05, 0.1) is 19.3 Å². The van der Waals surface area contributed by atoms with Crippen LogP contribution in [0.2, 0.25) is 0 Å². The van der Waals surface area contributed by atoms with Gasteiger partial charge in [0, 0.05) is 24.0 Å². The molecule has 104 valence electrons. The van der Waals surface area contributed by atoms with Crippen molar-refractivity contribution < 1.29 is 14.3 Å². The number of rotatable bonds is 3. The minimum absolute atomic E-state index is 0.280. The summed E-state index contributed by atoms with van der Waals surface area (Å²) in [4.78, 5) is 11.7. The van der Waals surface area contributed by atoms with Gasteiger partial charge in [-0.3, -0.25) is 0 Å². The van der Waals surface area contributed by atoms with Gasteiger partial charge in [0.2, 0.25) is 0 Å². The number of nitrogen functional groups attached to an aromatic ring is 1. The van der Waals surface area contributed by atoms with Gasteiger partial charge in [0.1, 0.15) is 0 Å². The van der Waals surface area contributed by atoms with E-state index in [4.69, 9.17) is 15.2 Å². The first-order chi connectivity index (χ1) is 9.11. The molecular formula is C14H20N2O3. The minimum atomic E-state index is -0.413. The highest BCUT2D eigenvalue weighted by Crippen LogP contribution is 2.25. The molecule has 1 heterocycles. The van der Waals surface area contributed by atoms with Crippen molar-refractivity contribution in [2.45, 2.75) is 25.8 Å². The third-order valence-electron chi connectivity index (χ3n) is 3.32. The first kappa shape index (κ1) is 13.7. The number of hydrogen-bond acceptors (Lipinski definition) is 5. The van der Waals surface area contributed by atoms with Crippen molar-refractivity contribution in [3.05, 3.63) is 23.3 Å². The van der Waals surface area contributed by atoms with Gasteiger partial charge in [-0.2, -0.15) is 0 Å². The van der Waals surface area contributed by atoms with Crippen molar-refractivity contribution in [1.82, 2.24) is 0 Å². The lowest BCUT2D eigenvalue weighted by Crippen LogP contribution is -2.30. The molecule has 1 fully saturated rings. The molecule has 1 aromatic rings. The number of hydrogen-bond donors (Lipinski definition) is 2. The number of aryl methyl sites for hydroxylation is 1. The van der Waals surface area contributed by atoms with Gasteiger partial charge in [0.25, 0.3) is 0 Å². The molecular weight excluding hydrogens is 244 g/mol. The molecule has 0 aliphatic carbocycles. The van der Waals surface area contributed by atoms with Crippen LogP contribution in [0.3, 0.4) is 0 Å². The molecule has 0 bridgehead atoms. The molecule has 0 amide bonds. The summed E-state index contributed by atoms with van der Waals surface area (Å²) in [7, 11) is 1.35. The topological polar surface area (TPSA) is 73.6 Å². The van der Waals surface area contributed by atoms with Crippen molar-refractivity contribution in [2.75, 3.05) is 31.4 Å².